The highest BCUT2D eigenvalue weighted by Crippen LogP contribution is 2.21. The average Bonchev–Trinajstić information content (AvgIpc) is 2.98. The van der Waals surface area contributed by atoms with Crippen LogP contribution in [0.5, 0.6) is 0 Å². The lowest BCUT2D eigenvalue weighted by molar-refractivity contribution is -0.384. The fraction of sp³-hybridized carbons (Fsp3) is 0.125. The van der Waals surface area contributed by atoms with Gasteiger partial charge in [-0.15, -0.1) is 0 Å². The van der Waals surface area contributed by atoms with Crippen LogP contribution in [0.3, 0.4) is 0 Å². The fourth-order valence-electron chi connectivity index (χ4n) is 2.36. The van der Waals surface area contributed by atoms with E-state index in [4.69, 9.17) is 23.2 Å². The second-order valence-corrected chi connectivity index (χ2v) is 6.13. The molecule has 3 aromatic rings. The monoisotopic (exact) mass is 378 g/mol. The second-order valence-electron chi connectivity index (χ2n) is 5.28. The molecule has 1 amide bonds. The Hall–Kier alpha value is -2.64. The van der Waals surface area contributed by atoms with Gasteiger partial charge in [0.05, 0.1) is 20.7 Å². The van der Waals surface area contributed by atoms with Crippen LogP contribution >= 0.6 is 23.2 Å². The number of aromatic nitrogens is 2. The molecule has 0 bridgehead atoms. The number of imidazole rings is 1. The molecule has 3 rings (SSSR count). The van der Waals surface area contributed by atoms with Crippen LogP contribution in [-0.4, -0.2) is 26.8 Å². The summed E-state index contributed by atoms with van der Waals surface area (Å²) in [5.41, 5.74) is 1.44. The van der Waals surface area contributed by atoms with Crippen molar-refractivity contribution in [1.29, 1.82) is 0 Å². The molecule has 0 unspecified atom stereocenters. The Morgan fingerprint density at radius 2 is 2.08 bits per heavy atom. The van der Waals surface area contributed by atoms with E-state index in [1.165, 1.54) is 24.3 Å². The molecule has 2 aromatic heterocycles. The third-order valence-electron chi connectivity index (χ3n) is 3.51. The molecule has 0 aliphatic rings. The normalized spacial score (nSPS) is 10.8. The Bertz CT molecular complexity index is 971. The number of nitrogens with zero attached hydrogens (tertiary/aromatic N) is 3. The van der Waals surface area contributed by atoms with Gasteiger partial charge in [-0.3, -0.25) is 14.9 Å². The molecule has 25 heavy (non-hydrogen) atoms. The predicted octanol–water partition coefficient (Wildman–Crippen LogP) is 3.52. The van der Waals surface area contributed by atoms with Gasteiger partial charge in [-0.25, -0.2) is 4.98 Å². The van der Waals surface area contributed by atoms with E-state index in [1.54, 1.807) is 22.9 Å². The number of rotatable bonds is 5. The fourth-order valence-corrected chi connectivity index (χ4v) is 2.89. The van der Waals surface area contributed by atoms with Crippen LogP contribution in [-0.2, 0) is 6.42 Å². The molecule has 0 aliphatic heterocycles. The molecule has 0 spiro atoms. The summed E-state index contributed by atoms with van der Waals surface area (Å²) in [6, 6.07) is 7.18. The standard InChI is InChI=1S/C16H12Cl2N4O3/c17-11-7-14(18)15-20-12(9-21(15)8-11)4-5-19-16(23)10-2-1-3-13(6-10)22(24)25/h1-3,6-9H,4-5H2,(H,19,23). The number of halogens is 2. The summed E-state index contributed by atoms with van der Waals surface area (Å²) in [5.74, 6) is -0.381. The molecule has 0 saturated carbocycles. The summed E-state index contributed by atoms with van der Waals surface area (Å²) in [6.45, 7) is 0.330. The lowest BCUT2D eigenvalue weighted by Gasteiger charge is -2.03. The van der Waals surface area contributed by atoms with Gasteiger partial charge in [-0.05, 0) is 12.1 Å². The third-order valence-corrected chi connectivity index (χ3v) is 3.99. The minimum atomic E-state index is -0.539. The molecule has 2 heterocycles. The van der Waals surface area contributed by atoms with Crippen molar-refractivity contribution in [3.05, 3.63) is 74.1 Å². The van der Waals surface area contributed by atoms with Crippen LogP contribution in [0.2, 0.25) is 10.0 Å². The van der Waals surface area contributed by atoms with E-state index in [1.807, 2.05) is 0 Å². The highest BCUT2D eigenvalue weighted by molar-refractivity contribution is 6.36. The largest absolute Gasteiger partial charge is 0.352 e. The summed E-state index contributed by atoms with van der Waals surface area (Å²) in [6.07, 6.45) is 3.96. The van der Waals surface area contributed by atoms with Crippen LogP contribution < -0.4 is 5.32 Å². The van der Waals surface area contributed by atoms with Crippen LogP contribution in [0.15, 0.2) is 42.7 Å². The Morgan fingerprint density at radius 3 is 2.84 bits per heavy atom. The van der Waals surface area contributed by atoms with E-state index in [9.17, 15) is 14.9 Å². The van der Waals surface area contributed by atoms with Crippen molar-refractivity contribution < 1.29 is 9.72 Å². The first-order chi connectivity index (χ1) is 11.9. The summed E-state index contributed by atoms with van der Waals surface area (Å²) >= 11 is 12.0. The Balaban J connectivity index is 1.65. The number of hydrogen-bond acceptors (Lipinski definition) is 4. The number of benzene rings is 1. The first kappa shape index (κ1) is 17.2. The summed E-state index contributed by atoms with van der Waals surface area (Å²) in [5, 5.41) is 14.4. The Morgan fingerprint density at radius 1 is 1.28 bits per heavy atom. The predicted molar refractivity (Wildman–Crippen MR) is 94.3 cm³/mol. The molecule has 1 aromatic carbocycles. The molecule has 0 radical (unpaired) electrons. The van der Waals surface area contributed by atoms with Crippen molar-refractivity contribution in [3.63, 3.8) is 0 Å². The number of nitrogens with one attached hydrogen (secondary N) is 1. The molecule has 0 saturated heterocycles. The molecule has 128 valence electrons. The molecular weight excluding hydrogens is 367 g/mol. The molecule has 1 N–H and O–H groups in total. The van der Waals surface area contributed by atoms with Crippen LogP contribution in [0.1, 0.15) is 16.1 Å². The topological polar surface area (TPSA) is 89.5 Å². The van der Waals surface area contributed by atoms with Crippen LogP contribution in [0.4, 0.5) is 5.69 Å². The minimum Gasteiger partial charge on any atom is -0.352 e. The van der Waals surface area contributed by atoms with Gasteiger partial charge in [0.15, 0.2) is 5.65 Å². The number of nitro groups is 1. The number of carbonyl (C=O) groups is 1. The van der Waals surface area contributed by atoms with Crippen molar-refractivity contribution in [2.75, 3.05) is 6.54 Å². The molecule has 0 fully saturated rings. The number of non-ortho nitro benzene ring substituents is 1. The molecule has 0 aliphatic carbocycles. The number of carbonyl (C=O) groups excluding carboxylic acids is 1. The van der Waals surface area contributed by atoms with E-state index in [2.05, 4.69) is 10.3 Å². The highest BCUT2D eigenvalue weighted by Gasteiger charge is 2.12. The number of hydrogen-bond donors (Lipinski definition) is 1. The van der Waals surface area contributed by atoms with Gasteiger partial charge in [0, 0.05) is 43.1 Å². The maximum absolute atomic E-state index is 12.1. The first-order valence-corrected chi connectivity index (χ1v) is 8.05. The molecule has 9 heteroatoms. The highest BCUT2D eigenvalue weighted by atomic mass is 35.5. The lowest BCUT2D eigenvalue weighted by atomic mass is 10.2. The van der Waals surface area contributed by atoms with Gasteiger partial charge < -0.3 is 9.72 Å². The Labute approximate surface area is 152 Å². The smallest absolute Gasteiger partial charge is 0.270 e. The summed E-state index contributed by atoms with van der Waals surface area (Å²) in [7, 11) is 0. The van der Waals surface area contributed by atoms with E-state index in [0.29, 0.717) is 28.7 Å². The molecular formula is C16H12Cl2N4O3. The molecule has 0 atom stereocenters. The minimum absolute atomic E-state index is 0.125. The van der Waals surface area contributed by atoms with E-state index in [-0.39, 0.29) is 17.2 Å². The quantitative estimate of drug-likeness (QED) is 0.543. The maximum Gasteiger partial charge on any atom is 0.270 e. The van der Waals surface area contributed by atoms with E-state index in [0.717, 1.165) is 5.69 Å². The maximum atomic E-state index is 12.1. The average molecular weight is 379 g/mol. The number of fused-ring (bicyclic) bond motifs is 1. The van der Waals surface area contributed by atoms with Crippen molar-refractivity contribution in [2.24, 2.45) is 0 Å². The number of nitro benzene ring substituents is 1. The SMILES string of the molecule is O=C(NCCc1cn2cc(Cl)cc(Cl)c2n1)c1cccc([N+](=O)[O-])c1. The zero-order valence-electron chi connectivity index (χ0n) is 12.8. The van der Waals surface area contributed by atoms with Gasteiger partial charge in [0.25, 0.3) is 11.6 Å². The van der Waals surface area contributed by atoms with Gasteiger partial charge >= 0.3 is 0 Å². The van der Waals surface area contributed by atoms with Crippen molar-refractivity contribution in [1.82, 2.24) is 14.7 Å². The van der Waals surface area contributed by atoms with Gasteiger partial charge in [0.1, 0.15) is 0 Å². The summed E-state index contributed by atoms with van der Waals surface area (Å²) < 4.78 is 1.72. The zero-order valence-corrected chi connectivity index (χ0v) is 14.3. The van der Waals surface area contributed by atoms with Crippen molar-refractivity contribution in [3.8, 4) is 0 Å². The van der Waals surface area contributed by atoms with Crippen LogP contribution in [0.25, 0.3) is 5.65 Å². The van der Waals surface area contributed by atoms with Gasteiger partial charge in [-0.2, -0.15) is 0 Å². The van der Waals surface area contributed by atoms with E-state index >= 15 is 0 Å². The Kier molecular flexibility index (Phi) is 4.87. The van der Waals surface area contributed by atoms with Crippen molar-refractivity contribution >= 4 is 40.4 Å². The van der Waals surface area contributed by atoms with Gasteiger partial charge in [0.2, 0.25) is 0 Å². The molecule has 7 nitrogen and oxygen atoms in total. The lowest BCUT2D eigenvalue weighted by Crippen LogP contribution is -2.25. The van der Waals surface area contributed by atoms with Crippen molar-refractivity contribution in [2.45, 2.75) is 6.42 Å². The number of pyridine rings is 1. The van der Waals surface area contributed by atoms with Gasteiger partial charge in [-0.1, -0.05) is 29.3 Å². The number of amides is 1. The second kappa shape index (κ2) is 7.08. The summed E-state index contributed by atoms with van der Waals surface area (Å²) in [4.78, 5) is 26.7. The first-order valence-electron chi connectivity index (χ1n) is 7.29. The third kappa shape index (κ3) is 3.89. The van der Waals surface area contributed by atoms with E-state index < -0.39 is 4.92 Å². The zero-order chi connectivity index (χ0) is 18.0. The van der Waals surface area contributed by atoms with Crippen LogP contribution in [0, 0.1) is 10.1 Å².